The smallest absolute Gasteiger partial charge is 0.243 e. The lowest BCUT2D eigenvalue weighted by Gasteiger charge is -2.23. The zero-order chi connectivity index (χ0) is 14.6. The van der Waals surface area contributed by atoms with Crippen molar-refractivity contribution in [2.75, 3.05) is 25.2 Å². The van der Waals surface area contributed by atoms with Crippen molar-refractivity contribution in [2.45, 2.75) is 17.4 Å². The van der Waals surface area contributed by atoms with Crippen LogP contribution in [0.3, 0.4) is 0 Å². The molecule has 1 aliphatic rings. The van der Waals surface area contributed by atoms with Crippen LogP contribution in [-0.2, 0) is 10.0 Å². The van der Waals surface area contributed by atoms with Crippen molar-refractivity contribution in [3.05, 3.63) is 29.8 Å². The predicted molar refractivity (Wildman–Crippen MR) is 81.1 cm³/mol. The lowest BCUT2D eigenvalue weighted by Crippen LogP contribution is -2.36. The molecule has 1 N–H and O–H groups in total. The molecule has 0 aliphatic carbocycles. The van der Waals surface area contributed by atoms with Crippen LogP contribution in [0.2, 0.25) is 0 Å². The molecule has 0 bridgehead atoms. The Morgan fingerprint density at radius 2 is 2.30 bits per heavy atom. The van der Waals surface area contributed by atoms with Crippen LogP contribution in [0.25, 0.3) is 0 Å². The van der Waals surface area contributed by atoms with Crippen LogP contribution in [0, 0.1) is 11.8 Å². The first-order valence-electron chi connectivity index (χ1n) is 6.31. The average molecular weight is 311 g/mol. The molecule has 1 aromatic rings. The molecule has 6 heteroatoms. The van der Waals surface area contributed by atoms with Crippen molar-refractivity contribution in [1.29, 1.82) is 0 Å². The molecule has 1 fully saturated rings. The molecule has 1 aliphatic heterocycles. The number of hydrogen-bond acceptors (Lipinski definition) is 4. The molecule has 1 atom stereocenters. The largest absolute Gasteiger partial charge is 0.384 e. The Morgan fingerprint density at radius 1 is 1.50 bits per heavy atom. The third-order valence-corrected chi connectivity index (χ3v) is 6.29. The van der Waals surface area contributed by atoms with Gasteiger partial charge in [0.2, 0.25) is 10.0 Å². The molecule has 0 spiro atoms. The number of benzene rings is 1. The van der Waals surface area contributed by atoms with Crippen molar-refractivity contribution in [2.24, 2.45) is 0 Å². The zero-order valence-corrected chi connectivity index (χ0v) is 12.9. The maximum atomic E-state index is 12.6. The maximum Gasteiger partial charge on any atom is 0.243 e. The van der Waals surface area contributed by atoms with Gasteiger partial charge in [-0.05, 0) is 30.4 Å². The molecule has 108 valence electrons. The molecule has 0 saturated carbocycles. The highest BCUT2D eigenvalue weighted by atomic mass is 32.2. The van der Waals surface area contributed by atoms with Gasteiger partial charge < -0.3 is 5.11 Å². The van der Waals surface area contributed by atoms with Gasteiger partial charge in [0.15, 0.2) is 0 Å². The van der Waals surface area contributed by atoms with Crippen LogP contribution < -0.4 is 0 Å². The van der Waals surface area contributed by atoms with Crippen molar-refractivity contribution in [1.82, 2.24) is 4.31 Å². The van der Waals surface area contributed by atoms with Gasteiger partial charge in [0, 0.05) is 24.4 Å². The van der Waals surface area contributed by atoms with Crippen molar-refractivity contribution >= 4 is 21.8 Å². The normalized spacial score (nSPS) is 18.9. The summed E-state index contributed by atoms with van der Waals surface area (Å²) in [5, 5.41) is 8.69. The van der Waals surface area contributed by atoms with Crippen LogP contribution in [0.1, 0.15) is 12.0 Å². The van der Waals surface area contributed by atoms with Crippen molar-refractivity contribution in [3.63, 3.8) is 0 Å². The van der Waals surface area contributed by atoms with E-state index in [9.17, 15) is 8.42 Å². The summed E-state index contributed by atoms with van der Waals surface area (Å²) in [4.78, 5) is 0.252. The number of thioether (sulfide) groups is 1. The number of aliphatic hydroxyl groups excluding tert-OH is 1. The topological polar surface area (TPSA) is 57.6 Å². The zero-order valence-electron chi connectivity index (χ0n) is 11.2. The summed E-state index contributed by atoms with van der Waals surface area (Å²) in [6, 6.07) is 6.60. The van der Waals surface area contributed by atoms with E-state index < -0.39 is 10.0 Å². The monoisotopic (exact) mass is 311 g/mol. The van der Waals surface area contributed by atoms with Gasteiger partial charge in [-0.15, -0.1) is 0 Å². The van der Waals surface area contributed by atoms with Crippen molar-refractivity contribution < 1.29 is 13.5 Å². The van der Waals surface area contributed by atoms with Gasteiger partial charge in [-0.2, -0.15) is 16.1 Å². The molecule has 1 aromatic carbocycles. The Kier molecular flexibility index (Phi) is 5.11. The summed E-state index contributed by atoms with van der Waals surface area (Å²) in [5.74, 6) is 7.10. The highest BCUT2D eigenvalue weighted by molar-refractivity contribution is 7.99. The van der Waals surface area contributed by atoms with Gasteiger partial charge in [0.1, 0.15) is 6.61 Å². The fourth-order valence-electron chi connectivity index (χ4n) is 2.05. The second-order valence-electron chi connectivity index (χ2n) is 4.53. The van der Waals surface area contributed by atoms with E-state index in [-0.39, 0.29) is 17.5 Å². The Labute approximate surface area is 124 Å². The lowest BCUT2D eigenvalue weighted by atomic mass is 10.2. The standard InChI is InChI=1S/C14H17NO3S2/c1-15(13-7-9-19-11-13)20(17,18)14-6-2-4-12(10-14)5-3-8-16/h2,4,6,10,13,16H,7-9,11H2,1H3. The van der Waals surface area contributed by atoms with Gasteiger partial charge in [-0.25, -0.2) is 8.42 Å². The minimum Gasteiger partial charge on any atom is -0.384 e. The Balaban J connectivity index is 2.29. The first kappa shape index (κ1) is 15.4. The van der Waals surface area contributed by atoms with E-state index in [1.54, 1.807) is 43.1 Å². The number of hydrogen-bond donors (Lipinski definition) is 1. The minimum atomic E-state index is -3.48. The van der Waals surface area contributed by atoms with Gasteiger partial charge in [-0.1, -0.05) is 17.9 Å². The lowest BCUT2D eigenvalue weighted by molar-refractivity contribution is 0.350. The average Bonchev–Trinajstić information content (AvgIpc) is 2.98. The van der Waals surface area contributed by atoms with Gasteiger partial charge in [-0.3, -0.25) is 0 Å². The van der Waals surface area contributed by atoms with E-state index in [0.717, 1.165) is 17.9 Å². The van der Waals surface area contributed by atoms with Crippen LogP contribution in [0.4, 0.5) is 0 Å². The second-order valence-corrected chi connectivity index (χ2v) is 7.67. The number of sulfonamides is 1. The fourth-order valence-corrected chi connectivity index (χ4v) is 4.84. The highest BCUT2D eigenvalue weighted by Gasteiger charge is 2.30. The molecule has 1 saturated heterocycles. The molecule has 0 aromatic heterocycles. The molecule has 2 rings (SSSR count). The summed E-state index contributed by atoms with van der Waals surface area (Å²) in [5.41, 5.74) is 0.592. The van der Waals surface area contributed by atoms with Crippen LogP contribution in [-0.4, -0.2) is 49.0 Å². The van der Waals surface area contributed by atoms with Gasteiger partial charge >= 0.3 is 0 Å². The molecule has 0 radical (unpaired) electrons. The molecule has 20 heavy (non-hydrogen) atoms. The van der Waals surface area contributed by atoms with E-state index >= 15 is 0 Å². The number of aliphatic hydroxyl groups is 1. The van der Waals surface area contributed by atoms with E-state index in [4.69, 9.17) is 5.11 Å². The molecule has 1 heterocycles. The Hall–Kier alpha value is -1.00. The van der Waals surface area contributed by atoms with Gasteiger partial charge in [0.05, 0.1) is 4.90 Å². The van der Waals surface area contributed by atoms with Crippen LogP contribution in [0.15, 0.2) is 29.2 Å². The van der Waals surface area contributed by atoms with E-state index in [2.05, 4.69) is 11.8 Å². The summed E-state index contributed by atoms with van der Waals surface area (Å²) in [6.07, 6.45) is 0.893. The minimum absolute atomic E-state index is 0.0668. The second kappa shape index (κ2) is 6.64. The SMILES string of the molecule is CN(C1CCSC1)S(=O)(=O)c1cccc(C#CCO)c1. The van der Waals surface area contributed by atoms with E-state index in [1.165, 1.54) is 4.31 Å². The van der Waals surface area contributed by atoms with Crippen LogP contribution >= 0.6 is 11.8 Å². The quantitative estimate of drug-likeness (QED) is 0.851. The van der Waals surface area contributed by atoms with E-state index in [0.29, 0.717) is 5.56 Å². The first-order valence-corrected chi connectivity index (χ1v) is 8.91. The Morgan fingerprint density at radius 3 is 2.95 bits per heavy atom. The molecule has 1 unspecified atom stereocenters. The number of nitrogens with zero attached hydrogens (tertiary/aromatic N) is 1. The summed E-state index contributed by atoms with van der Waals surface area (Å²) in [7, 11) is -1.84. The van der Waals surface area contributed by atoms with E-state index in [1.807, 2.05) is 0 Å². The summed E-state index contributed by atoms with van der Waals surface area (Å²) in [6.45, 7) is -0.240. The molecule has 0 amide bonds. The fraction of sp³-hybridized carbons (Fsp3) is 0.429. The summed E-state index contributed by atoms with van der Waals surface area (Å²) < 4.78 is 26.6. The first-order chi connectivity index (χ1) is 9.55. The highest BCUT2D eigenvalue weighted by Crippen LogP contribution is 2.26. The maximum absolute atomic E-state index is 12.6. The van der Waals surface area contributed by atoms with Crippen molar-refractivity contribution in [3.8, 4) is 11.8 Å². The van der Waals surface area contributed by atoms with Crippen LogP contribution in [0.5, 0.6) is 0 Å². The third-order valence-electron chi connectivity index (χ3n) is 3.24. The molecular formula is C14H17NO3S2. The predicted octanol–water partition coefficient (Wildman–Crippen LogP) is 1.16. The number of rotatable bonds is 3. The third kappa shape index (κ3) is 3.36. The molecule has 4 nitrogen and oxygen atoms in total. The Bertz CT molecular complexity index is 625. The summed E-state index contributed by atoms with van der Waals surface area (Å²) >= 11 is 1.78. The molecular weight excluding hydrogens is 294 g/mol. The van der Waals surface area contributed by atoms with Gasteiger partial charge in [0.25, 0.3) is 0 Å².